The van der Waals surface area contributed by atoms with Gasteiger partial charge in [0, 0.05) is 39.3 Å². The quantitative estimate of drug-likeness (QED) is 0.897. The molecule has 2 saturated heterocycles. The highest BCUT2D eigenvalue weighted by atomic mass is 32.1. The second-order valence-electron chi connectivity index (χ2n) is 5.42. The Morgan fingerprint density at radius 2 is 2.21 bits per heavy atom. The lowest BCUT2D eigenvalue weighted by atomic mass is 10.1. The molecule has 1 amide bonds. The Kier molecular flexibility index (Phi) is 4.15. The van der Waals surface area contributed by atoms with Crippen LogP contribution < -0.4 is 5.32 Å². The standard InChI is InChI=1S/C14H21N3OS/c18-14(13-1-3-15-9-13)17-6-4-16(5-7-17)10-12-2-8-19-11-12/h2,8,11,13,15H,1,3-7,9-10H2. The molecule has 104 valence electrons. The Morgan fingerprint density at radius 1 is 1.37 bits per heavy atom. The number of thiophene rings is 1. The summed E-state index contributed by atoms with van der Waals surface area (Å²) in [5.74, 6) is 0.587. The molecule has 0 spiro atoms. The monoisotopic (exact) mass is 279 g/mol. The van der Waals surface area contributed by atoms with Gasteiger partial charge in [0.05, 0.1) is 5.92 Å². The summed E-state index contributed by atoms with van der Waals surface area (Å²) >= 11 is 1.75. The van der Waals surface area contributed by atoms with Gasteiger partial charge in [0.2, 0.25) is 5.91 Å². The summed E-state index contributed by atoms with van der Waals surface area (Å²) in [6.07, 6.45) is 1.01. The van der Waals surface area contributed by atoms with Gasteiger partial charge in [-0.25, -0.2) is 0 Å². The van der Waals surface area contributed by atoms with E-state index in [1.165, 1.54) is 5.56 Å². The first-order valence-electron chi connectivity index (χ1n) is 7.06. The first-order valence-corrected chi connectivity index (χ1v) is 8.00. The molecule has 2 aliphatic rings. The zero-order valence-electron chi connectivity index (χ0n) is 11.2. The van der Waals surface area contributed by atoms with E-state index < -0.39 is 0 Å². The molecule has 0 saturated carbocycles. The highest BCUT2D eigenvalue weighted by molar-refractivity contribution is 7.07. The van der Waals surface area contributed by atoms with Crippen LogP contribution in [0.5, 0.6) is 0 Å². The van der Waals surface area contributed by atoms with Crippen LogP contribution in [0.3, 0.4) is 0 Å². The van der Waals surface area contributed by atoms with Gasteiger partial charge < -0.3 is 10.2 Å². The normalized spacial score (nSPS) is 24.8. The maximum atomic E-state index is 12.3. The van der Waals surface area contributed by atoms with E-state index in [1.54, 1.807) is 11.3 Å². The summed E-state index contributed by atoms with van der Waals surface area (Å²) in [7, 11) is 0. The van der Waals surface area contributed by atoms with Crippen LogP contribution in [0.25, 0.3) is 0 Å². The maximum absolute atomic E-state index is 12.3. The Morgan fingerprint density at radius 3 is 2.84 bits per heavy atom. The van der Waals surface area contributed by atoms with Crippen LogP contribution >= 0.6 is 11.3 Å². The van der Waals surface area contributed by atoms with Crippen LogP contribution in [0.4, 0.5) is 0 Å². The number of nitrogens with one attached hydrogen (secondary N) is 1. The number of rotatable bonds is 3. The predicted molar refractivity (Wildman–Crippen MR) is 77.2 cm³/mol. The molecule has 2 aliphatic heterocycles. The van der Waals surface area contributed by atoms with E-state index in [2.05, 4.69) is 31.9 Å². The molecule has 1 unspecified atom stereocenters. The summed E-state index contributed by atoms with van der Waals surface area (Å²) in [5, 5.41) is 7.61. The third-order valence-electron chi connectivity index (χ3n) is 4.08. The minimum Gasteiger partial charge on any atom is -0.340 e. The summed E-state index contributed by atoms with van der Waals surface area (Å²) in [6, 6.07) is 2.19. The first-order chi connectivity index (χ1) is 9.33. The Balaban J connectivity index is 1.47. The average molecular weight is 279 g/mol. The highest BCUT2D eigenvalue weighted by Gasteiger charge is 2.29. The Bertz CT molecular complexity index is 406. The van der Waals surface area contributed by atoms with Crippen molar-refractivity contribution in [2.75, 3.05) is 39.3 Å². The molecule has 0 bridgehead atoms. The van der Waals surface area contributed by atoms with E-state index in [9.17, 15) is 4.79 Å². The fourth-order valence-electron chi connectivity index (χ4n) is 2.89. The maximum Gasteiger partial charge on any atom is 0.227 e. The van der Waals surface area contributed by atoms with Crippen molar-refractivity contribution in [1.82, 2.24) is 15.1 Å². The molecular formula is C14H21N3OS. The van der Waals surface area contributed by atoms with Gasteiger partial charge in [-0.15, -0.1) is 0 Å². The lowest BCUT2D eigenvalue weighted by Crippen LogP contribution is -2.50. The molecule has 2 fully saturated rings. The number of carbonyl (C=O) groups is 1. The summed E-state index contributed by atoms with van der Waals surface area (Å²) in [4.78, 5) is 16.8. The van der Waals surface area contributed by atoms with Gasteiger partial charge in [0.15, 0.2) is 0 Å². The molecule has 3 heterocycles. The lowest BCUT2D eigenvalue weighted by Gasteiger charge is -2.35. The van der Waals surface area contributed by atoms with Gasteiger partial charge >= 0.3 is 0 Å². The first kappa shape index (κ1) is 13.1. The van der Waals surface area contributed by atoms with Crippen molar-refractivity contribution in [3.8, 4) is 0 Å². The molecule has 5 heteroatoms. The number of piperazine rings is 1. The second-order valence-corrected chi connectivity index (χ2v) is 6.20. The van der Waals surface area contributed by atoms with E-state index in [0.717, 1.165) is 52.2 Å². The van der Waals surface area contributed by atoms with Crippen LogP contribution in [0.15, 0.2) is 16.8 Å². The van der Waals surface area contributed by atoms with E-state index >= 15 is 0 Å². The van der Waals surface area contributed by atoms with Crippen molar-refractivity contribution in [3.05, 3.63) is 22.4 Å². The minimum absolute atomic E-state index is 0.225. The molecule has 0 aliphatic carbocycles. The van der Waals surface area contributed by atoms with Crippen LogP contribution in [-0.4, -0.2) is 55.0 Å². The molecular weight excluding hydrogens is 258 g/mol. The smallest absolute Gasteiger partial charge is 0.227 e. The number of hydrogen-bond donors (Lipinski definition) is 1. The van der Waals surface area contributed by atoms with Gasteiger partial charge in [-0.3, -0.25) is 9.69 Å². The third-order valence-corrected chi connectivity index (χ3v) is 4.81. The topological polar surface area (TPSA) is 35.6 Å². The van der Waals surface area contributed by atoms with Gasteiger partial charge in [0.1, 0.15) is 0 Å². The Labute approximate surface area is 118 Å². The summed E-state index contributed by atoms with van der Waals surface area (Å²) < 4.78 is 0. The third kappa shape index (κ3) is 3.16. The number of hydrogen-bond acceptors (Lipinski definition) is 4. The van der Waals surface area contributed by atoms with Gasteiger partial charge in [-0.1, -0.05) is 0 Å². The molecule has 1 aromatic heterocycles. The molecule has 0 radical (unpaired) electrons. The average Bonchev–Trinajstić information content (AvgIpc) is 3.12. The van der Waals surface area contributed by atoms with Crippen molar-refractivity contribution in [1.29, 1.82) is 0 Å². The van der Waals surface area contributed by atoms with E-state index in [-0.39, 0.29) is 5.92 Å². The van der Waals surface area contributed by atoms with Crippen LogP contribution in [0, 0.1) is 5.92 Å². The molecule has 0 aromatic carbocycles. The SMILES string of the molecule is O=C(C1CCNC1)N1CCN(Cc2ccsc2)CC1. The van der Waals surface area contributed by atoms with Crippen LogP contribution in [0.2, 0.25) is 0 Å². The number of nitrogens with zero attached hydrogens (tertiary/aromatic N) is 2. The zero-order valence-corrected chi connectivity index (χ0v) is 12.0. The van der Waals surface area contributed by atoms with Gasteiger partial charge in [-0.2, -0.15) is 11.3 Å². The second kappa shape index (κ2) is 6.03. The number of amides is 1. The molecule has 1 aromatic rings. The largest absolute Gasteiger partial charge is 0.340 e. The molecule has 19 heavy (non-hydrogen) atoms. The fourth-order valence-corrected chi connectivity index (χ4v) is 3.55. The van der Waals surface area contributed by atoms with E-state index in [1.807, 2.05) is 0 Å². The molecule has 1 N–H and O–H groups in total. The van der Waals surface area contributed by atoms with Gasteiger partial charge in [-0.05, 0) is 35.4 Å². The number of carbonyl (C=O) groups excluding carboxylic acids is 1. The predicted octanol–water partition coefficient (Wildman–Crippen LogP) is 1.00. The summed E-state index contributed by atoms with van der Waals surface area (Å²) in [6.45, 7) is 6.67. The fraction of sp³-hybridized carbons (Fsp3) is 0.643. The van der Waals surface area contributed by atoms with Crippen molar-refractivity contribution < 1.29 is 4.79 Å². The molecule has 1 atom stereocenters. The molecule has 4 nitrogen and oxygen atoms in total. The zero-order chi connectivity index (χ0) is 13.1. The van der Waals surface area contributed by atoms with E-state index in [0.29, 0.717) is 5.91 Å². The van der Waals surface area contributed by atoms with Crippen molar-refractivity contribution in [2.24, 2.45) is 5.92 Å². The van der Waals surface area contributed by atoms with Crippen LogP contribution in [0.1, 0.15) is 12.0 Å². The van der Waals surface area contributed by atoms with Crippen LogP contribution in [-0.2, 0) is 11.3 Å². The lowest BCUT2D eigenvalue weighted by molar-refractivity contribution is -0.136. The van der Waals surface area contributed by atoms with Gasteiger partial charge in [0.25, 0.3) is 0 Å². The van der Waals surface area contributed by atoms with Crippen molar-refractivity contribution in [3.63, 3.8) is 0 Å². The molecule has 3 rings (SSSR count). The van der Waals surface area contributed by atoms with Crippen molar-refractivity contribution in [2.45, 2.75) is 13.0 Å². The summed E-state index contributed by atoms with van der Waals surface area (Å²) in [5.41, 5.74) is 1.39. The van der Waals surface area contributed by atoms with Crippen molar-refractivity contribution >= 4 is 17.2 Å². The van der Waals surface area contributed by atoms with E-state index in [4.69, 9.17) is 0 Å². The Hall–Kier alpha value is -0.910. The minimum atomic E-state index is 0.225. The highest BCUT2D eigenvalue weighted by Crippen LogP contribution is 2.15.